The van der Waals surface area contributed by atoms with Gasteiger partial charge in [-0.15, -0.1) is 0 Å². The zero-order valence-corrected chi connectivity index (χ0v) is 42.3. The third-order valence-electron chi connectivity index (χ3n) is 13.3. The SMILES string of the molecule is CCCCCCCCCCCCCCCCCCN(CCCCCCCCCCCCCCCCCC)CCCCCCCCCCCCCCCCCCOP(=O)(O)O. The van der Waals surface area contributed by atoms with E-state index in [1.807, 2.05) is 0 Å². The number of phosphoric ester groups is 1. The Morgan fingerprint density at radius 1 is 0.283 bits per heavy atom. The molecule has 0 aromatic carbocycles. The Morgan fingerprint density at radius 3 is 0.633 bits per heavy atom. The Morgan fingerprint density at radius 2 is 0.450 bits per heavy atom. The van der Waals surface area contributed by atoms with Gasteiger partial charge in [-0.05, 0) is 45.3 Å². The van der Waals surface area contributed by atoms with Gasteiger partial charge in [-0.25, -0.2) is 4.57 Å². The van der Waals surface area contributed by atoms with E-state index in [0.29, 0.717) is 0 Å². The standard InChI is InChI=1S/C54H112NO4P/c1-3-5-7-9-11-13-15-17-19-23-27-31-35-39-43-47-51-55(52-48-44-40-36-32-28-24-20-18-16-14-12-10-8-6-4-2)53-49-45-41-37-33-29-25-21-22-26-30-34-38-42-46-50-54-59-60(56,57)58/h3-54H2,1-2H3,(H2,56,57,58). The van der Waals surface area contributed by atoms with E-state index in [2.05, 4.69) is 23.3 Å². The van der Waals surface area contributed by atoms with Crippen LogP contribution in [0.5, 0.6) is 0 Å². The number of rotatable bonds is 54. The third-order valence-corrected chi connectivity index (χ3v) is 13.8. The summed E-state index contributed by atoms with van der Waals surface area (Å²) in [6.07, 6.45) is 67.3. The van der Waals surface area contributed by atoms with Gasteiger partial charge in [0.2, 0.25) is 0 Å². The van der Waals surface area contributed by atoms with Crippen LogP contribution in [0.15, 0.2) is 0 Å². The van der Waals surface area contributed by atoms with Crippen molar-refractivity contribution in [2.45, 2.75) is 322 Å². The fourth-order valence-electron chi connectivity index (χ4n) is 9.20. The Bertz CT molecular complexity index is 786. The summed E-state index contributed by atoms with van der Waals surface area (Å²) >= 11 is 0. The molecule has 0 fully saturated rings. The average molecular weight is 870 g/mol. The van der Waals surface area contributed by atoms with Gasteiger partial charge in [0, 0.05) is 0 Å². The van der Waals surface area contributed by atoms with Gasteiger partial charge in [-0.2, -0.15) is 0 Å². The molecule has 0 aliphatic carbocycles. The van der Waals surface area contributed by atoms with Gasteiger partial charge >= 0.3 is 7.82 Å². The molecule has 0 heterocycles. The normalized spacial score (nSPS) is 12.1. The summed E-state index contributed by atoms with van der Waals surface area (Å²) in [6.45, 7) is 8.81. The maximum absolute atomic E-state index is 10.7. The molecule has 2 N–H and O–H groups in total. The van der Waals surface area contributed by atoms with E-state index in [-0.39, 0.29) is 6.61 Å². The summed E-state index contributed by atoms with van der Waals surface area (Å²) in [4.78, 5) is 20.3. The molecule has 0 bridgehead atoms. The molecule has 0 radical (unpaired) electrons. The molecule has 60 heavy (non-hydrogen) atoms. The van der Waals surface area contributed by atoms with E-state index < -0.39 is 7.82 Å². The van der Waals surface area contributed by atoms with Gasteiger partial charge in [0.15, 0.2) is 0 Å². The monoisotopic (exact) mass is 870 g/mol. The van der Waals surface area contributed by atoms with Crippen LogP contribution in [0.25, 0.3) is 0 Å². The van der Waals surface area contributed by atoms with Crippen molar-refractivity contribution in [3.63, 3.8) is 0 Å². The van der Waals surface area contributed by atoms with Crippen LogP contribution in [0.4, 0.5) is 0 Å². The lowest BCUT2D eigenvalue weighted by Crippen LogP contribution is -2.27. The molecule has 0 aliphatic heterocycles. The molecule has 0 spiro atoms. The molecule has 0 amide bonds. The lowest BCUT2D eigenvalue weighted by Gasteiger charge is -2.22. The smallest absolute Gasteiger partial charge is 0.303 e. The molecule has 362 valence electrons. The lowest BCUT2D eigenvalue weighted by atomic mass is 10.0. The molecule has 5 nitrogen and oxygen atoms in total. The summed E-state index contributed by atoms with van der Waals surface area (Å²) in [7, 11) is -4.29. The Labute approximate surface area is 378 Å². The van der Waals surface area contributed by atoms with Gasteiger partial charge in [0.05, 0.1) is 6.61 Å². The molecule has 0 rings (SSSR count). The number of unbranched alkanes of at least 4 members (excludes halogenated alkanes) is 45. The number of nitrogens with zero attached hydrogens (tertiary/aromatic N) is 1. The van der Waals surface area contributed by atoms with Crippen LogP contribution in [0.2, 0.25) is 0 Å². The molecule has 0 saturated carbocycles. The Balaban J connectivity index is 3.95. The summed E-state index contributed by atoms with van der Waals surface area (Å²) in [6, 6.07) is 0. The van der Waals surface area contributed by atoms with Gasteiger partial charge < -0.3 is 14.7 Å². The summed E-state index contributed by atoms with van der Waals surface area (Å²) in [5.74, 6) is 0. The first-order valence-electron chi connectivity index (χ1n) is 27.9. The van der Waals surface area contributed by atoms with Crippen molar-refractivity contribution in [2.75, 3.05) is 26.2 Å². The first kappa shape index (κ1) is 60.1. The van der Waals surface area contributed by atoms with Crippen LogP contribution in [-0.4, -0.2) is 40.9 Å². The second-order valence-corrected chi connectivity index (χ2v) is 20.7. The molecule has 0 saturated heterocycles. The summed E-state index contributed by atoms with van der Waals surface area (Å²) in [5, 5.41) is 0. The van der Waals surface area contributed by atoms with Crippen LogP contribution >= 0.6 is 7.82 Å². The van der Waals surface area contributed by atoms with E-state index in [0.717, 1.165) is 19.3 Å². The predicted molar refractivity (Wildman–Crippen MR) is 267 cm³/mol. The third kappa shape index (κ3) is 54.2. The van der Waals surface area contributed by atoms with Gasteiger partial charge in [-0.3, -0.25) is 4.52 Å². The van der Waals surface area contributed by atoms with Gasteiger partial charge in [0.1, 0.15) is 0 Å². The molecule has 0 aliphatic rings. The molecule has 0 unspecified atom stereocenters. The van der Waals surface area contributed by atoms with E-state index >= 15 is 0 Å². The molecule has 0 aromatic heterocycles. The first-order valence-corrected chi connectivity index (χ1v) is 29.4. The first-order chi connectivity index (χ1) is 29.5. The fraction of sp³-hybridized carbons (Fsp3) is 1.00. The van der Waals surface area contributed by atoms with Crippen molar-refractivity contribution in [1.82, 2.24) is 4.90 Å². The van der Waals surface area contributed by atoms with Crippen molar-refractivity contribution in [2.24, 2.45) is 0 Å². The van der Waals surface area contributed by atoms with Crippen LogP contribution < -0.4 is 0 Å². The molecular formula is C54H112NO4P. The largest absolute Gasteiger partial charge is 0.469 e. The van der Waals surface area contributed by atoms with E-state index in [4.69, 9.17) is 9.79 Å². The van der Waals surface area contributed by atoms with Crippen LogP contribution in [0, 0.1) is 0 Å². The van der Waals surface area contributed by atoms with E-state index in [1.54, 1.807) is 0 Å². The van der Waals surface area contributed by atoms with E-state index in [9.17, 15) is 4.57 Å². The van der Waals surface area contributed by atoms with Crippen molar-refractivity contribution in [3.05, 3.63) is 0 Å². The zero-order valence-electron chi connectivity index (χ0n) is 41.4. The van der Waals surface area contributed by atoms with Gasteiger partial charge in [0.25, 0.3) is 0 Å². The van der Waals surface area contributed by atoms with Crippen LogP contribution in [-0.2, 0) is 9.09 Å². The summed E-state index contributed by atoms with van der Waals surface area (Å²) in [5.41, 5.74) is 0. The van der Waals surface area contributed by atoms with E-state index in [1.165, 1.54) is 309 Å². The lowest BCUT2D eigenvalue weighted by molar-refractivity contribution is 0.193. The predicted octanol–water partition coefficient (Wildman–Crippen LogP) is 19.2. The zero-order chi connectivity index (χ0) is 43.6. The van der Waals surface area contributed by atoms with Crippen molar-refractivity contribution >= 4 is 7.82 Å². The van der Waals surface area contributed by atoms with Crippen LogP contribution in [0.3, 0.4) is 0 Å². The molecule has 0 aromatic rings. The molecular weight excluding hydrogens is 758 g/mol. The van der Waals surface area contributed by atoms with Gasteiger partial charge in [-0.1, -0.05) is 296 Å². The molecule has 0 atom stereocenters. The Hall–Kier alpha value is 0.0700. The number of hydrogen-bond acceptors (Lipinski definition) is 3. The van der Waals surface area contributed by atoms with Crippen molar-refractivity contribution in [3.8, 4) is 0 Å². The highest BCUT2D eigenvalue weighted by atomic mass is 31.2. The highest BCUT2D eigenvalue weighted by Crippen LogP contribution is 2.35. The fourth-order valence-corrected chi connectivity index (χ4v) is 9.57. The summed E-state index contributed by atoms with van der Waals surface area (Å²) < 4.78 is 15.2. The minimum Gasteiger partial charge on any atom is -0.303 e. The quantitative estimate of drug-likeness (QED) is 0.0471. The maximum atomic E-state index is 10.7. The highest BCUT2D eigenvalue weighted by Gasteiger charge is 2.12. The molecule has 6 heteroatoms. The minimum atomic E-state index is -4.29. The highest BCUT2D eigenvalue weighted by molar-refractivity contribution is 7.46. The second-order valence-electron chi connectivity index (χ2n) is 19.4. The average Bonchev–Trinajstić information content (AvgIpc) is 3.23. The number of phosphoric acid groups is 1. The minimum absolute atomic E-state index is 0.169. The van der Waals surface area contributed by atoms with Crippen LogP contribution in [0.1, 0.15) is 322 Å². The topological polar surface area (TPSA) is 70.0 Å². The second kappa shape index (κ2) is 51.7. The number of hydrogen-bond donors (Lipinski definition) is 2. The maximum Gasteiger partial charge on any atom is 0.469 e. The Kier molecular flexibility index (Phi) is 51.8. The van der Waals surface area contributed by atoms with Crippen molar-refractivity contribution < 1.29 is 18.9 Å². The van der Waals surface area contributed by atoms with Crippen molar-refractivity contribution in [1.29, 1.82) is 0 Å².